The fourth-order valence-corrected chi connectivity index (χ4v) is 0.996. The molecule has 0 aliphatic carbocycles. The van der Waals surface area contributed by atoms with E-state index in [0.29, 0.717) is 13.1 Å². The lowest BCUT2D eigenvalue weighted by molar-refractivity contribution is 0.138. The molecule has 0 fully saturated rings. The second-order valence-electron chi connectivity index (χ2n) is 3.16. The Balaban J connectivity index is 3.18. The predicted octanol–water partition coefficient (Wildman–Crippen LogP) is 0.508. The molecule has 0 aromatic rings. The Labute approximate surface area is 74.8 Å². The molecule has 0 heterocycles. The molecule has 0 spiro atoms. The van der Waals surface area contributed by atoms with Crippen molar-refractivity contribution in [3.63, 3.8) is 0 Å². The van der Waals surface area contributed by atoms with Gasteiger partial charge >= 0.3 is 0 Å². The molecule has 12 heavy (non-hydrogen) atoms. The average Bonchev–Trinajstić information content (AvgIpc) is 2.04. The van der Waals surface area contributed by atoms with Gasteiger partial charge < -0.3 is 15.5 Å². The third kappa shape index (κ3) is 6.58. The summed E-state index contributed by atoms with van der Waals surface area (Å²) in [5.41, 5.74) is 0. The van der Waals surface area contributed by atoms with E-state index in [1.54, 1.807) is 0 Å². The van der Waals surface area contributed by atoms with Gasteiger partial charge in [0.25, 0.3) is 0 Å². The van der Waals surface area contributed by atoms with Crippen molar-refractivity contribution in [2.24, 2.45) is 0 Å². The van der Waals surface area contributed by atoms with E-state index < -0.39 is 0 Å². The SMILES string of the molecule is CCCC(O)CNCC(O)CC. The number of hydrogen-bond acceptors (Lipinski definition) is 3. The molecule has 0 rings (SSSR count). The lowest BCUT2D eigenvalue weighted by atomic mass is 10.2. The first-order valence-electron chi connectivity index (χ1n) is 4.77. The van der Waals surface area contributed by atoms with Gasteiger partial charge in [-0.15, -0.1) is 0 Å². The molecular weight excluding hydrogens is 154 g/mol. The Morgan fingerprint density at radius 2 is 1.67 bits per heavy atom. The van der Waals surface area contributed by atoms with Crippen molar-refractivity contribution in [3.8, 4) is 0 Å². The molecule has 0 saturated heterocycles. The molecule has 0 saturated carbocycles. The van der Waals surface area contributed by atoms with Crippen LogP contribution in [-0.4, -0.2) is 35.5 Å². The molecule has 3 N–H and O–H groups in total. The van der Waals surface area contributed by atoms with Crippen molar-refractivity contribution in [2.75, 3.05) is 13.1 Å². The summed E-state index contributed by atoms with van der Waals surface area (Å²) in [6.45, 7) is 5.15. The molecule has 0 aromatic carbocycles. The summed E-state index contributed by atoms with van der Waals surface area (Å²) in [5.74, 6) is 0. The van der Waals surface area contributed by atoms with Gasteiger partial charge in [-0.25, -0.2) is 0 Å². The van der Waals surface area contributed by atoms with E-state index in [0.717, 1.165) is 19.3 Å². The van der Waals surface area contributed by atoms with Crippen LogP contribution in [0.3, 0.4) is 0 Å². The van der Waals surface area contributed by atoms with E-state index in [4.69, 9.17) is 5.11 Å². The third-order valence-electron chi connectivity index (χ3n) is 1.85. The van der Waals surface area contributed by atoms with Crippen LogP contribution in [0, 0.1) is 0 Å². The molecule has 3 nitrogen and oxygen atoms in total. The third-order valence-corrected chi connectivity index (χ3v) is 1.85. The molecule has 0 radical (unpaired) electrons. The summed E-state index contributed by atoms with van der Waals surface area (Å²) in [6, 6.07) is 0. The summed E-state index contributed by atoms with van der Waals surface area (Å²) >= 11 is 0. The smallest absolute Gasteiger partial charge is 0.0664 e. The second-order valence-corrected chi connectivity index (χ2v) is 3.16. The Hall–Kier alpha value is -0.120. The van der Waals surface area contributed by atoms with Crippen LogP contribution >= 0.6 is 0 Å². The molecular formula is C9H21NO2. The quantitative estimate of drug-likeness (QED) is 0.528. The Bertz CT molecular complexity index is 98.5. The van der Waals surface area contributed by atoms with E-state index in [1.165, 1.54) is 0 Å². The molecule has 0 aromatic heterocycles. The summed E-state index contributed by atoms with van der Waals surface area (Å²) in [6.07, 6.45) is 2.04. The van der Waals surface area contributed by atoms with Gasteiger partial charge in [0.2, 0.25) is 0 Å². The highest BCUT2D eigenvalue weighted by atomic mass is 16.3. The van der Waals surface area contributed by atoms with E-state index >= 15 is 0 Å². The van der Waals surface area contributed by atoms with E-state index in [2.05, 4.69) is 5.32 Å². The van der Waals surface area contributed by atoms with E-state index in [-0.39, 0.29) is 12.2 Å². The first-order chi connectivity index (χ1) is 5.70. The van der Waals surface area contributed by atoms with Crippen LogP contribution in [-0.2, 0) is 0 Å². The van der Waals surface area contributed by atoms with Gasteiger partial charge in [-0.05, 0) is 12.8 Å². The fraction of sp³-hybridized carbons (Fsp3) is 1.00. The van der Waals surface area contributed by atoms with Gasteiger partial charge in [0.1, 0.15) is 0 Å². The van der Waals surface area contributed by atoms with Crippen LogP contribution in [0.15, 0.2) is 0 Å². The predicted molar refractivity (Wildman–Crippen MR) is 50.1 cm³/mol. The Kier molecular flexibility index (Phi) is 7.45. The van der Waals surface area contributed by atoms with Crippen molar-refractivity contribution in [3.05, 3.63) is 0 Å². The second kappa shape index (κ2) is 7.53. The number of hydrogen-bond donors (Lipinski definition) is 3. The van der Waals surface area contributed by atoms with Crippen LogP contribution in [0.4, 0.5) is 0 Å². The summed E-state index contributed by atoms with van der Waals surface area (Å²) in [5, 5.41) is 21.5. The largest absolute Gasteiger partial charge is 0.392 e. The lowest BCUT2D eigenvalue weighted by Crippen LogP contribution is -2.32. The fourth-order valence-electron chi connectivity index (χ4n) is 0.996. The summed E-state index contributed by atoms with van der Waals surface area (Å²) < 4.78 is 0. The van der Waals surface area contributed by atoms with Crippen molar-refractivity contribution in [1.82, 2.24) is 5.32 Å². The van der Waals surface area contributed by atoms with Crippen LogP contribution in [0.2, 0.25) is 0 Å². The minimum absolute atomic E-state index is 0.265. The Morgan fingerprint density at radius 3 is 2.17 bits per heavy atom. The molecule has 3 heteroatoms. The average molecular weight is 175 g/mol. The molecule has 0 aliphatic heterocycles. The zero-order valence-electron chi connectivity index (χ0n) is 8.08. The summed E-state index contributed by atoms with van der Waals surface area (Å²) in [7, 11) is 0. The van der Waals surface area contributed by atoms with Gasteiger partial charge in [-0.1, -0.05) is 20.3 Å². The molecule has 0 aliphatic rings. The van der Waals surface area contributed by atoms with Crippen LogP contribution in [0.1, 0.15) is 33.1 Å². The van der Waals surface area contributed by atoms with Gasteiger partial charge in [0, 0.05) is 13.1 Å². The maximum absolute atomic E-state index is 9.29. The van der Waals surface area contributed by atoms with Crippen LogP contribution in [0.25, 0.3) is 0 Å². The highest BCUT2D eigenvalue weighted by Crippen LogP contribution is 1.94. The van der Waals surface area contributed by atoms with E-state index in [9.17, 15) is 5.11 Å². The van der Waals surface area contributed by atoms with Crippen molar-refractivity contribution in [2.45, 2.75) is 45.3 Å². The standard InChI is InChI=1S/C9H21NO2/c1-3-5-9(12)7-10-6-8(11)4-2/h8-12H,3-7H2,1-2H3. The molecule has 2 unspecified atom stereocenters. The van der Waals surface area contributed by atoms with Gasteiger partial charge in [0.05, 0.1) is 12.2 Å². The number of nitrogens with one attached hydrogen (secondary N) is 1. The summed E-state index contributed by atoms with van der Waals surface area (Å²) in [4.78, 5) is 0. The van der Waals surface area contributed by atoms with Crippen LogP contribution < -0.4 is 5.32 Å². The van der Waals surface area contributed by atoms with E-state index in [1.807, 2.05) is 13.8 Å². The topological polar surface area (TPSA) is 52.5 Å². The molecule has 0 bridgehead atoms. The minimum atomic E-state index is -0.279. The lowest BCUT2D eigenvalue weighted by Gasteiger charge is -2.12. The highest BCUT2D eigenvalue weighted by molar-refractivity contribution is 4.61. The maximum Gasteiger partial charge on any atom is 0.0664 e. The monoisotopic (exact) mass is 175 g/mol. The first-order valence-corrected chi connectivity index (χ1v) is 4.77. The number of rotatable bonds is 7. The normalized spacial score (nSPS) is 16.0. The highest BCUT2D eigenvalue weighted by Gasteiger charge is 2.03. The molecule has 74 valence electrons. The zero-order valence-corrected chi connectivity index (χ0v) is 8.08. The first kappa shape index (κ1) is 11.9. The Morgan fingerprint density at radius 1 is 1.08 bits per heavy atom. The number of aliphatic hydroxyl groups is 2. The van der Waals surface area contributed by atoms with Gasteiger partial charge in [0.15, 0.2) is 0 Å². The van der Waals surface area contributed by atoms with Crippen molar-refractivity contribution in [1.29, 1.82) is 0 Å². The van der Waals surface area contributed by atoms with Gasteiger partial charge in [-0.3, -0.25) is 0 Å². The van der Waals surface area contributed by atoms with Crippen LogP contribution in [0.5, 0.6) is 0 Å². The van der Waals surface area contributed by atoms with Crippen molar-refractivity contribution < 1.29 is 10.2 Å². The number of aliphatic hydroxyl groups excluding tert-OH is 2. The molecule has 0 amide bonds. The molecule has 2 atom stereocenters. The van der Waals surface area contributed by atoms with Gasteiger partial charge in [-0.2, -0.15) is 0 Å². The zero-order chi connectivity index (χ0) is 9.40. The maximum atomic E-state index is 9.29. The van der Waals surface area contributed by atoms with Crippen molar-refractivity contribution >= 4 is 0 Å². The minimum Gasteiger partial charge on any atom is -0.392 e.